The highest BCUT2D eigenvalue weighted by Crippen LogP contribution is 2.37. The smallest absolute Gasteiger partial charge is 0.340 e. The Balaban J connectivity index is 1.03. The third-order valence-corrected chi connectivity index (χ3v) is 14.6. The van der Waals surface area contributed by atoms with Crippen LogP contribution in [0.1, 0.15) is 86.4 Å². The molecule has 3 aliphatic rings. The molecular weight excluding hydrogens is 1240 g/mol. The lowest BCUT2D eigenvalue weighted by atomic mass is 9.95. The van der Waals surface area contributed by atoms with Gasteiger partial charge in [-0.2, -0.15) is 0 Å². The maximum absolute atomic E-state index is 14.5. The fraction of sp³-hybridized carbons (Fsp3) is 0.271. The summed E-state index contributed by atoms with van der Waals surface area (Å²) in [5, 5.41) is 12.0. The van der Waals surface area contributed by atoms with Crippen molar-refractivity contribution in [2.45, 2.75) is 100 Å². The summed E-state index contributed by atoms with van der Waals surface area (Å²) in [5.74, 6) is -8.93. The summed E-state index contributed by atoms with van der Waals surface area (Å²) >= 11 is 0. The second-order valence-electron chi connectivity index (χ2n) is 21.3. The van der Waals surface area contributed by atoms with Crippen molar-refractivity contribution in [3.63, 3.8) is 0 Å². The Hall–Kier alpha value is -10.5. The zero-order valence-electron chi connectivity index (χ0n) is 50.7. The lowest BCUT2D eigenvalue weighted by Crippen LogP contribution is -2.67. The van der Waals surface area contributed by atoms with Crippen molar-refractivity contribution in [1.29, 1.82) is 0 Å². The van der Waals surface area contributed by atoms with Crippen LogP contribution in [0.15, 0.2) is 212 Å². The summed E-state index contributed by atoms with van der Waals surface area (Å²) in [4.78, 5) is 125. The van der Waals surface area contributed by atoms with Gasteiger partial charge in [0, 0.05) is 13.8 Å². The van der Waals surface area contributed by atoms with Crippen LogP contribution < -0.4 is 0 Å². The number of carbonyl (C=O) groups excluding carboxylic acids is 9. The maximum Gasteiger partial charge on any atom is 0.340 e. The van der Waals surface area contributed by atoms with Crippen LogP contribution in [-0.4, -0.2) is 165 Å². The molecule has 14 atom stereocenters. The predicted molar refractivity (Wildman–Crippen MR) is 323 cm³/mol. The molecule has 0 aromatic heterocycles. The standard InChI is InChI=1S/C70H62O25/c1-41(71)84-53-50(39-83-69-70(94-65(79)49-36-22-9-23-37-49)95-67(93-64(78)48-34-20-8-21-35-48)52(88-69)40-82-60(74)44-26-12-4-13-27-44)86-66(80)57(85-42(2)72)55(53)92-68-58(91-63(77)47-32-18-7-19-33-47)56(90-62(76)46-30-16-6-17-31-46)54(89-61(75)45-28-14-5-15-29-45)51(87-68)38-81-59(73)43-24-10-3-11-25-43/h3-37,50-58,66-70,80H,38-40H2,1-2H3. The van der Waals surface area contributed by atoms with Crippen LogP contribution in [-0.2, 0) is 80.6 Å². The zero-order chi connectivity index (χ0) is 66.8. The van der Waals surface area contributed by atoms with Crippen LogP contribution in [0.3, 0.4) is 0 Å². The van der Waals surface area contributed by atoms with E-state index in [-0.39, 0.29) is 38.9 Å². The highest BCUT2D eigenvalue weighted by Gasteiger charge is 2.58. The van der Waals surface area contributed by atoms with Crippen molar-refractivity contribution in [2.75, 3.05) is 19.8 Å². The summed E-state index contributed by atoms with van der Waals surface area (Å²) in [5.41, 5.74) is 0.179. The van der Waals surface area contributed by atoms with Crippen LogP contribution in [0.25, 0.3) is 0 Å². The van der Waals surface area contributed by atoms with Gasteiger partial charge in [0.15, 0.2) is 49.2 Å². The molecular formula is C70H62O25. The number of hydrogen-bond donors (Lipinski definition) is 1. The normalized spacial score (nSPS) is 24.6. The molecule has 0 spiro atoms. The number of esters is 9. The molecule has 3 aliphatic heterocycles. The molecule has 0 amide bonds. The van der Waals surface area contributed by atoms with E-state index in [1.54, 1.807) is 103 Å². The summed E-state index contributed by atoms with van der Waals surface area (Å²) < 4.78 is 91.5. The number of aliphatic hydroxyl groups is 1. The molecule has 14 unspecified atom stereocenters. The topological polar surface area (TPSA) is 312 Å². The van der Waals surface area contributed by atoms with E-state index in [9.17, 15) is 48.3 Å². The van der Waals surface area contributed by atoms with E-state index in [0.29, 0.717) is 0 Å². The average Bonchev–Trinajstić information content (AvgIpc) is 0.771. The molecule has 7 aromatic rings. The first-order valence-electron chi connectivity index (χ1n) is 29.7. The molecule has 492 valence electrons. The zero-order valence-corrected chi connectivity index (χ0v) is 50.7. The Morgan fingerprint density at radius 2 is 0.611 bits per heavy atom. The SMILES string of the molecule is CC(=O)OC1C(O)OC(COC2OC(COC(=O)c3ccccc3)C(OC(=O)c3ccccc3)OC2OC(=O)c2ccccc2)C(OC(C)=O)C1OC1OC(COC(=O)c2ccccc2)C(OC(=O)c2ccccc2)C(OC(=O)c2ccccc2)C1OC(=O)c1ccccc1. The molecule has 0 saturated carbocycles. The lowest BCUT2D eigenvalue weighted by Gasteiger charge is -2.48. The van der Waals surface area contributed by atoms with Crippen molar-refractivity contribution in [2.24, 2.45) is 0 Å². The van der Waals surface area contributed by atoms with Gasteiger partial charge in [-0.1, -0.05) is 127 Å². The van der Waals surface area contributed by atoms with E-state index in [1.165, 1.54) is 109 Å². The van der Waals surface area contributed by atoms with Crippen molar-refractivity contribution in [3.05, 3.63) is 251 Å². The minimum atomic E-state index is -2.26. The van der Waals surface area contributed by atoms with Gasteiger partial charge in [-0.05, 0) is 84.9 Å². The molecule has 0 aliphatic carbocycles. The molecule has 10 rings (SSSR count). The lowest BCUT2D eigenvalue weighted by molar-refractivity contribution is -0.392. The van der Waals surface area contributed by atoms with E-state index in [4.69, 9.17) is 71.1 Å². The van der Waals surface area contributed by atoms with E-state index in [1.807, 2.05) is 0 Å². The van der Waals surface area contributed by atoms with Crippen LogP contribution in [0.4, 0.5) is 0 Å². The predicted octanol–water partition coefficient (Wildman–Crippen LogP) is 7.19. The number of hydrogen-bond acceptors (Lipinski definition) is 25. The quantitative estimate of drug-likeness (QED) is 0.0489. The van der Waals surface area contributed by atoms with Gasteiger partial charge in [0.2, 0.25) is 12.6 Å². The van der Waals surface area contributed by atoms with Gasteiger partial charge in [-0.25, -0.2) is 33.6 Å². The molecule has 25 nitrogen and oxygen atoms in total. The Kier molecular flexibility index (Phi) is 23.0. The summed E-state index contributed by atoms with van der Waals surface area (Å²) in [6.45, 7) is -0.430. The maximum atomic E-state index is 14.5. The Labute approximate surface area is 542 Å². The number of ether oxygens (including phenoxy) is 15. The molecule has 1 N–H and O–H groups in total. The number of benzene rings is 7. The second kappa shape index (κ2) is 32.4. The van der Waals surface area contributed by atoms with Gasteiger partial charge in [0.05, 0.1) is 45.6 Å². The molecule has 0 bridgehead atoms. The van der Waals surface area contributed by atoms with Gasteiger partial charge in [-0.15, -0.1) is 0 Å². The minimum absolute atomic E-state index is 0.00559. The summed E-state index contributed by atoms with van der Waals surface area (Å²) in [6, 6.07) is 53.4. The Bertz CT molecular complexity index is 3740. The van der Waals surface area contributed by atoms with E-state index in [0.717, 1.165) is 13.8 Å². The Morgan fingerprint density at radius 3 is 1.02 bits per heavy atom. The van der Waals surface area contributed by atoms with E-state index >= 15 is 0 Å². The first kappa shape index (κ1) is 67.4. The molecule has 95 heavy (non-hydrogen) atoms. The first-order chi connectivity index (χ1) is 46.1. The summed E-state index contributed by atoms with van der Waals surface area (Å²) in [6.07, 6.45) is -27.2. The Morgan fingerprint density at radius 1 is 0.295 bits per heavy atom. The summed E-state index contributed by atoms with van der Waals surface area (Å²) in [7, 11) is 0. The van der Waals surface area contributed by atoms with Crippen molar-refractivity contribution >= 4 is 53.7 Å². The van der Waals surface area contributed by atoms with Gasteiger partial charge in [0.25, 0.3) is 6.29 Å². The van der Waals surface area contributed by atoms with Crippen molar-refractivity contribution < 1.29 is 119 Å². The minimum Gasteiger partial charge on any atom is -0.459 e. The fourth-order valence-corrected chi connectivity index (χ4v) is 10.1. The number of rotatable bonds is 23. The highest BCUT2D eigenvalue weighted by atomic mass is 16.9. The largest absolute Gasteiger partial charge is 0.459 e. The average molecular weight is 1300 g/mol. The number of aliphatic hydroxyl groups excluding tert-OH is 1. The van der Waals surface area contributed by atoms with Crippen LogP contribution in [0, 0.1) is 0 Å². The first-order valence-corrected chi connectivity index (χ1v) is 29.7. The van der Waals surface area contributed by atoms with Gasteiger partial charge >= 0.3 is 53.7 Å². The second-order valence-corrected chi connectivity index (χ2v) is 21.3. The molecule has 25 heteroatoms. The van der Waals surface area contributed by atoms with Crippen molar-refractivity contribution in [1.82, 2.24) is 0 Å². The monoisotopic (exact) mass is 1300 g/mol. The van der Waals surface area contributed by atoms with E-state index < -0.39 is 160 Å². The van der Waals surface area contributed by atoms with E-state index in [2.05, 4.69) is 0 Å². The third kappa shape index (κ3) is 17.8. The number of carbonyl (C=O) groups is 9. The van der Waals surface area contributed by atoms with Crippen molar-refractivity contribution in [3.8, 4) is 0 Å². The van der Waals surface area contributed by atoms with Crippen LogP contribution in [0.5, 0.6) is 0 Å². The van der Waals surface area contributed by atoms with Crippen LogP contribution in [0.2, 0.25) is 0 Å². The fourth-order valence-electron chi connectivity index (χ4n) is 10.1. The van der Waals surface area contributed by atoms with Gasteiger partial charge in [-0.3, -0.25) is 14.3 Å². The molecule has 3 saturated heterocycles. The highest BCUT2D eigenvalue weighted by molar-refractivity contribution is 5.93. The molecule has 3 heterocycles. The molecule has 3 fully saturated rings. The molecule has 7 aromatic carbocycles. The molecule has 0 radical (unpaired) electrons. The van der Waals surface area contributed by atoms with Gasteiger partial charge in [0.1, 0.15) is 31.5 Å². The van der Waals surface area contributed by atoms with Gasteiger partial charge < -0.3 is 71.4 Å². The third-order valence-electron chi connectivity index (χ3n) is 14.6. The van der Waals surface area contributed by atoms with Crippen LogP contribution >= 0.6 is 0 Å².